The van der Waals surface area contributed by atoms with Crippen molar-refractivity contribution >= 4 is 11.6 Å². The summed E-state index contributed by atoms with van der Waals surface area (Å²) in [5.74, 6) is 0. The number of halogens is 1. The Morgan fingerprint density at radius 1 is 1.33 bits per heavy atom. The first-order valence-corrected chi connectivity index (χ1v) is 4.25. The van der Waals surface area contributed by atoms with E-state index in [1.165, 1.54) is 0 Å². The van der Waals surface area contributed by atoms with Gasteiger partial charge in [-0.2, -0.15) is 0 Å². The molecule has 12 heavy (non-hydrogen) atoms. The van der Waals surface area contributed by atoms with Gasteiger partial charge in [-0.1, -0.05) is 30.3 Å². The third-order valence-electron chi connectivity index (χ3n) is 1.70. The van der Waals surface area contributed by atoms with Crippen LogP contribution in [0.3, 0.4) is 0 Å². The number of benzene rings is 1. The number of nitrogens with two attached hydrogens (primary N) is 1. The summed E-state index contributed by atoms with van der Waals surface area (Å²) in [5.41, 5.74) is 6.51. The van der Waals surface area contributed by atoms with Crippen molar-refractivity contribution in [2.24, 2.45) is 5.73 Å². The van der Waals surface area contributed by atoms with Crippen molar-refractivity contribution in [3.05, 3.63) is 35.9 Å². The Bertz CT molecular complexity index is 227. The van der Waals surface area contributed by atoms with Crippen LogP contribution in [0, 0.1) is 0 Å². The molecule has 0 aromatic heterocycles. The molecule has 0 bridgehead atoms. The predicted molar refractivity (Wildman–Crippen MR) is 50.1 cm³/mol. The Balaban J connectivity index is 2.71. The number of hydrogen-bond acceptors (Lipinski definition) is 2. The summed E-state index contributed by atoms with van der Waals surface area (Å²) in [5, 5.41) is 8.45. The maximum Gasteiger partial charge on any atom is 0.0758 e. The molecule has 3 heteroatoms. The number of rotatable bonds is 3. The second-order valence-electron chi connectivity index (χ2n) is 2.66. The molecule has 0 saturated carbocycles. The standard InChI is InChI=1S/C9H12ClNO/c10-9(8(11)6-12)7-4-2-1-3-5-7/h1-5,8-9,12H,6,11H2/t8-,9-/m0/s1. The molecule has 0 unspecified atom stereocenters. The topological polar surface area (TPSA) is 46.2 Å². The average molecular weight is 186 g/mol. The zero-order valence-corrected chi connectivity index (χ0v) is 7.41. The zero-order valence-electron chi connectivity index (χ0n) is 6.65. The van der Waals surface area contributed by atoms with Gasteiger partial charge in [0.2, 0.25) is 0 Å². The fourth-order valence-corrected chi connectivity index (χ4v) is 1.20. The second kappa shape index (κ2) is 4.45. The van der Waals surface area contributed by atoms with Crippen LogP contribution in [-0.2, 0) is 0 Å². The van der Waals surface area contributed by atoms with Crippen LogP contribution in [0.25, 0.3) is 0 Å². The van der Waals surface area contributed by atoms with Crippen LogP contribution in [0.1, 0.15) is 10.9 Å². The van der Waals surface area contributed by atoms with Gasteiger partial charge < -0.3 is 10.8 Å². The quantitative estimate of drug-likeness (QED) is 0.698. The highest BCUT2D eigenvalue weighted by molar-refractivity contribution is 6.21. The van der Waals surface area contributed by atoms with Crippen LogP contribution >= 0.6 is 11.6 Å². The van der Waals surface area contributed by atoms with Crippen LogP contribution in [0.15, 0.2) is 30.3 Å². The Labute approximate surface area is 77.0 Å². The molecule has 0 saturated heterocycles. The molecule has 2 nitrogen and oxygen atoms in total. The van der Waals surface area contributed by atoms with E-state index < -0.39 is 6.04 Å². The van der Waals surface area contributed by atoms with Crippen molar-refractivity contribution in [1.29, 1.82) is 0 Å². The van der Waals surface area contributed by atoms with Gasteiger partial charge in [-0.05, 0) is 5.56 Å². The van der Waals surface area contributed by atoms with Gasteiger partial charge in [-0.15, -0.1) is 11.6 Å². The van der Waals surface area contributed by atoms with Gasteiger partial charge in [-0.3, -0.25) is 0 Å². The minimum Gasteiger partial charge on any atom is -0.395 e. The maximum atomic E-state index is 8.76. The average Bonchev–Trinajstić information content (AvgIpc) is 2.17. The Hall–Kier alpha value is -0.570. The maximum absolute atomic E-state index is 8.76. The predicted octanol–water partition coefficient (Wildman–Crippen LogP) is 1.29. The molecular weight excluding hydrogens is 174 g/mol. The minimum absolute atomic E-state index is 0.0942. The van der Waals surface area contributed by atoms with Gasteiger partial charge >= 0.3 is 0 Å². The second-order valence-corrected chi connectivity index (χ2v) is 3.13. The molecule has 1 aromatic carbocycles. The molecule has 2 atom stereocenters. The van der Waals surface area contributed by atoms with Crippen LogP contribution in [0.2, 0.25) is 0 Å². The molecule has 0 aliphatic rings. The van der Waals surface area contributed by atoms with Gasteiger partial charge in [0.25, 0.3) is 0 Å². The largest absolute Gasteiger partial charge is 0.395 e. The lowest BCUT2D eigenvalue weighted by Gasteiger charge is -2.15. The van der Waals surface area contributed by atoms with Crippen LogP contribution in [-0.4, -0.2) is 17.8 Å². The first-order chi connectivity index (χ1) is 5.75. The summed E-state index contributed by atoms with van der Waals surface area (Å²) in [7, 11) is 0. The van der Waals surface area contributed by atoms with Gasteiger partial charge in [0.15, 0.2) is 0 Å². The van der Waals surface area contributed by atoms with Crippen molar-refractivity contribution < 1.29 is 5.11 Å². The summed E-state index contributed by atoms with van der Waals surface area (Å²) >= 11 is 5.97. The van der Waals surface area contributed by atoms with Crippen molar-refractivity contribution in [1.82, 2.24) is 0 Å². The van der Waals surface area contributed by atoms with Gasteiger partial charge in [0.05, 0.1) is 12.0 Å². The summed E-state index contributed by atoms with van der Waals surface area (Å²) in [6.07, 6.45) is 0. The number of aliphatic hydroxyl groups excluding tert-OH is 1. The lowest BCUT2D eigenvalue weighted by atomic mass is 10.1. The molecular formula is C9H12ClNO. The van der Waals surface area contributed by atoms with E-state index in [-0.39, 0.29) is 12.0 Å². The van der Waals surface area contributed by atoms with E-state index in [1.807, 2.05) is 30.3 Å². The summed E-state index contributed by atoms with van der Waals surface area (Å²) in [6.45, 7) is -0.0942. The molecule has 0 amide bonds. The molecule has 0 fully saturated rings. The first kappa shape index (κ1) is 9.52. The van der Waals surface area contributed by atoms with Gasteiger partial charge in [0.1, 0.15) is 0 Å². The molecule has 1 aromatic rings. The molecule has 0 spiro atoms. The molecule has 66 valence electrons. The molecule has 0 aliphatic carbocycles. The fraction of sp³-hybridized carbons (Fsp3) is 0.333. The highest BCUT2D eigenvalue weighted by atomic mass is 35.5. The highest BCUT2D eigenvalue weighted by Gasteiger charge is 2.14. The lowest BCUT2D eigenvalue weighted by Crippen LogP contribution is -2.29. The number of alkyl halides is 1. The smallest absolute Gasteiger partial charge is 0.0758 e. The molecule has 3 N–H and O–H groups in total. The Morgan fingerprint density at radius 2 is 1.92 bits per heavy atom. The normalized spacial score (nSPS) is 15.6. The summed E-state index contributed by atoms with van der Waals surface area (Å²) < 4.78 is 0. The van der Waals surface area contributed by atoms with Gasteiger partial charge in [-0.25, -0.2) is 0 Å². The minimum atomic E-state index is -0.394. The van der Waals surface area contributed by atoms with Crippen molar-refractivity contribution in [3.8, 4) is 0 Å². The monoisotopic (exact) mass is 185 g/mol. The first-order valence-electron chi connectivity index (χ1n) is 3.81. The third-order valence-corrected chi connectivity index (χ3v) is 2.28. The number of aliphatic hydroxyl groups is 1. The van der Waals surface area contributed by atoms with Crippen molar-refractivity contribution in [3.63, 3.8) is 0 Å². The van der Waals surface area contributed by atoms with E-state index in [0.717, 1.165) is 5.56 Å². The van der Waals surface area contributed by atoms with E-state index in [0.29, 0.717) is 0 Å². The lowest BCUT2D eigenvalue weighted by molar-refractivity contribution is 0.263. The SMILES string of the molecule is N[C@@H](CO)[C@@H](Cl)c1ccccc1. The highest BCUT2D eigenvalue weighted by Crippen LogP contribution is 2.22. The molecule has 0 heterocycles. The van der Waals surface area contributed by atoms with Crippen molar-refractivity contribution in [2.45, 2.75) is 11.4 Å². The molecule has 0 aliphatic heterocycles. The number of hydrogen-bond donors (Lipinski definition) is 2. The van der Waals surface area contributed by atoms with E-state index >= 15 is 0 Å². The van der Waals surface area contributed by atoms with E-state index in [4.69, 9.17) is 22.4 Å². The Kier molecular flexibility index (Phi) is 3.53. The van der Waals surface area contributed by atoms with E-state index in [9.17, 15) is 0 Å². The third kappa shape index (κ3) is 2.21. The molecule has 0 radical (unpaired) electrons. The van der Waals surface area contributed by atoms with Crippen LogP contribution in [0.5, 0.6) is 0 Å². The summed E-state index contributed by atoms with van der Waals surface area (Å²) in [6, 6.07) is 9.11. The fourth-order valence-electron chi connectivity index (χ4n) is 0.977. The Morgan fingerprint density at radius 3 is 2.42 bits per heavy atom. The zero-order chi connectivity index (χ0) is 8.97. The van der Waals surface area contributed by atoms with E-state index in [2.05, 4.69) is 0 Å². The van der Waals surface area contributed by atoms with E-state index in [1.54, 1.807) is 0 Å². The molecule has 1 rings (SSSR count). The van der Waals surface area contributed by atoms with Crippen LogP contribution < -0.4 is 5.73 Å². The summed E-state index contributed by atoms with van der Waals surface area (Å²) in [4.78, 5) is 0. The van der Waals surface area contributed by atoms with Gasteiger partial charge in [0, 0.05) is 6.04 Å². The van der Waals surface area contributed by atoms with Crippen molar-refractivity contribution in [2.75, 3.05) is 6.61 Å². The van der Waals surface area contributed by atoms with Crippen LogP contribution in [0.4, 0.5) is 0 Å².